The third-order valence-electron chi connectivity index (χ3n) is 2.83. The maximum Gasteiger partial charge on any atom is 0.161 e. The molecule has 1 aromatic carbocycles. The second-order valence-corrected chi connectivity index (χ2v) is 4.09. The van der Waals surface area contributed by atoms with E-state index in [-0.39, 0.29) is 0 Å². The molecule has 2 aromatic rings. The third-order valence-corrected chi connectivity index (χ3v) is 2.83. The Morgan fingerprint density at radius 1 is 1.16 bits per heavy atom. The summed E-state index contributed by atoms with van der Waals surface area (Å²) in [5.74, 6) is 2.39. The van der Waals surface area contributed by atoms with E-state index in [0.717, 1.165) is 29.4 Å². The molecule has 0 aliphatic carbocycles. The van der Waals surface area contributed by atoms with Gasteiger partial charge in [0.1, 0.15) is 12.4 Å². The molecule has 0 unspecified atom stereocenters. The van der Waals surface area contributed by atoms with Crippen LogP contribution in [0.15, 0.2) is 41.0 Å². The lowest BCUT2D eigenvalue weighted by atomic mass is 10.2. The van der Waals surface area contributed by atoms with Gasteiger partial charge in [0, 0.05) is 5.56 Å². The fourth-order valence-corrected chi connectivity index (χ4v) is 1.78. The molecule has 0 aliphatic rings. The van der Waals surface area contributed by atoms with E-state index in [4.69, 9.17) is 13.9 Å². The molecule has 4 heteroatoms. The molecule has 0 bridgehead atoms. The molecule has 0 atom stereocenters. The monoisotopic (exact) mass is 261 g/mol. The molecule has 19 heavy (non-hydrogen) atoms. The molecule has 2 rings (SSSR count). The number of methoxy groups -OCH3 is 1. The van der Waals surface area contributed by atoms with Crippen LogP contribution < -0.4 is 14.8 Å². The summed E-state index contributed by atoms with van der Waals surface area (Å²) in [7, 11) is 1.64. The average Bonchev–Trinajstić information content (AvgIpc) is 2.90. The predicted molar refractivity (Wildman–Crippen MR) is 73.4 cm³/mol. The number of ether oxygens (including phenoxy) is 2. The van der Waals surface area contributed by atoms with Crippen molar-refractivity contribution < 1.29 is 13.9 Å². The van der Waals surface area contributed by atoms with Crippen molar-refractivity contribution in [3.63, 3.8) is 0 Å². The van der Waals surface area contributed by atoms with Gasteiger partial charge < -0.3 is 19.2 Å². The fourth-order valence-electron chi connectivity index (χ4n) is 1.78. The lowest BCUT2D eigenvalue weighted by molar-refractivity contribution is 0.281. The highest BCUT2D eigenvalue weighted by Crippen LogP contribution is 2.27. The van der Waals surface area contributed by atoms with E-state index in [2.05, 4.69) is 12.2 Å². The summed E-state index contributed by atoms with van der Waals surface area (Å²) >= 11 is 0. The third kappa shape index (κ3) is 3.51. The minimum absolute atomic E-state index is 0.470. The summed E-state index contributed by atoms with van der Waals surface area (Å²) in [5.41, 5.74) is 1.05. The largest absolute Gasteiger partial charge is 0.493 e. The van der Waals surface area contributed by atoms with Crippen LogP contribution in [0, 0.1) is 0 Å². The number of rotatable bonds is 7. The molecule has 4 nitrogen and oxygen atoms in total. The Kier molecular flexibility index (Phi) is 4.86. The van der Waals surface area contributed by atoms with Crippen LogP contribution in [0.25, 0.3) is 0 Å². The molecule has 0 fully saturated rings. The van der Waals surface area contributed by atoms with Gasteiger partial charge in [0.2, 0.25) is 0 Å². The number of nitrogens with one attached hydrogen (secondary N) is 1. The molecule has 1 N–H and O–H groups in total. The highest BCUT2D eigenvalue weighted by molar-refractivity contribution is 5.39. The van der Waals surface area contributed by atoms with Gasteiger partial charge in [0.25, 0.3) is 0 Å². The smallest absolute Gasteiger partial charge is 0.161 e. The van der Waals surface area contributed by atoms with Crippen LogP contribution in [0.1, 0.15) is 18.2 Å². The van der Waals surface area contributed by atoms with E-state index in [9.17, 15) is 0 Å². The van der Waals surface area contributed by atoms with Gasteiger partial charge in [-0.15, -0.1) is 0 Å². The van der Waals surface area contributed by atoms with Crippen LogP contribution in [0.5, 0.6) is 11.5 Å². The summed E-state index contributed by atoms with van der Waals surface area (Å²) < 4.78 is 16.5. The molecular weight excluding hydrogens is 242 g/mol. The van der Waals surface area contributed by atoms with Gasteiger partial charge in [-0.05, 0) is 24.7 Å². The van der Waals surface area contributed by atoms with Crippen molar-refractivity contribution in [2.45, 2.75) is 20.1 Å². The van der Waals surface area contributed by atoms with Gasteiger partial charge in [-0.1, -0.05) is 19.1 Å². The molecule has 0 amide bonds. The summed E-state index contributed by atoms with van der Waals surface area (Å²) in [6, 6.07) is 9.54. The zero-order chi connectivity index (χ0) is 13.5. The van der Waals surface area contributed by atoms with Gasteiger partial charge in [0.05, 0.1) is 19.9 Å². The van der Waals surface area contributed by atoms with Crippen molar-refractivity contribution in [1.82, 2.24) is 5.32 Å². The Hall–Kier alpha value is -1.94. The Morgan fingerprint density at radius 3 is 2.68 bits per heavy atom. The van der Waals surface area contributed by atoms with E-state index in [1.165, 1.54) is 0 Å². The maximum atomic E-state index is 5.78. The number of benzene rings is 1. The van der Waals surface area contributed by atoms with Crippen molar-refractivity contribution >= 4 is 0 Å². The predicted octanol–water partition coefficient (Wildman–Crippen LogP) is 2.98. The lowest BCUT2D eigenvalue weighted by Crippen LogP contribution is -2.12. The first-order valence-corrected chi connectivity index (χ1v) is 6.37. The van der Waals surface area contributed by atoms with Crippen molar-refractivity contribution in [2.75, 3.05) is 13.7 Å². The van der Waals surface area contributed by atoms with Crippen molar-refractivity contribution in [3.8, 4) is 11.5 Å². The van der Waals surface area contributed by atoms with E-state index in [0.29, 0.717) is 13.2 Å². The van der Waals surface area contributed by atoms with Crippen molar-refractivity contribution in [1.29, 1.82) is 0 Å². The molecule has 1 heterocycles. The van der Waals surface area contributed by atoms with Crippen molar-refractivity contribution in [3.05, 3.63) is 47.9 Å². The molecule has 0 saturated carbocycles. The molecule has 102 valence electrons. The van der Waals surface area contributed by atoms with Gasteiger partial charge in [0.15, 0.2) is 11.5 Å². The minimum atomic E-state index is 0.470. The maximum absolute atomic E-state index is 5.78. The van der Waals surface area contributed by atoms with Gasteiger partial charge in [-0.3, -0.25) is 0 Å². The number of hydrogen-bond acceptors (Lipinski definition) is 4. The molecule has 0 saturated heterocycles. The zero-order valence-corrected chi connectivity index (χ0v) is 11.3. The second kappa shape index (κ2) is 6.85. The first-order chi connectivity index (χ1) is 9.35. The minimum Gasteiger partial charge on any atom is -0.493 e. The van der Waals surface area contributed by atoms with E-state index in [1.807, 2.05) is 30.3 Å². The molecule has 0 spiro atoms. The first kappa shape index (κ1) is 13.5. The average molecular weight is 261 g/mol. The number of para-hydroxylation sites is 2. The van der Waals surface area contributed by atoms with Crippen LogP contribution in [-0.4, -0.2) is 13.7 Å². The van der Waals surface area contributed by atoms with Crippen LogP contribution in [0.4, 0.5) is 0 Å². The topological polar surface area (TPSA) is 43.6 Å². The van der Waals surface area contributed by atoms with Crippen LogP contribution in [-0.2, 0) is 13.2 Å². The fraction of sp³-hybridized carbons (Fsp3) is 0.333. The van der Waals surface area contributed by atoms with E-state index >= 15 is 0 Å². The Bertz CT molecular complexity index is 508. The molecule has 1 aromatic heterocycles. The second-order valence-electron chi connectivity index (χ2n) is 4.09. The molecular formula is C15H19NO3. The van der Waals surface area contributed by atoms with Crippen molar-refractivity contribution in [2.24, 2.45) is 0 Å². The van der Waals surface area contributed by atoms with Crippen LogP contribution >= 0.6 is 0 Å². The van der Waals surface area contributed by atoms with Gasteiger partial charge in [-0.2, -0.15) is 0 Å². The summed E-state index contributed by atoms with van der Waals surface area (Å²) in [6.07, 6.45) is 1.69. The lowest BCUT2D eigenvalue weighted by Gasteiger charge is -2.10. The first-order valence-electron chi connectivity index (χ1n) is 6.37. The van der Waals surface area contributed by atoms with Crippen LogP contribution in [0.2, 0.25) is 0 Å². The SMILES string of the molecule is CCNCc1occc1COc1ccccc1OC. The number of furan rings is 1. The Balaban J connectivity index is 2.00. The van der Waals surface area contributed by atoms with E-state index < -0.39 is 0 Å². The highest BCUT2D eigenvalue weighted by atomic mass is 16.5. The Labute approximate surface area is 113 Å². The molecule has 0 radical (unpaired) electrons. The normalized spacial score (nSPS) is 10.4. The number of hydrogen-bond donors (Lipinski definition) is 1. The zero-order valence-electron chi connectivity index (χ0n) is 11.3. The summed E-state index contributed by atoms with van der Waals surface area (Å²) in [5, 5.41) is 3.24. The van der Waals surface area contributed by atoms with Gasteiger partial charge in [-0.25, -0.2) is 0 Å². The molecule has 0 aliphatic heterocycles. The summed E-state index contributed by atoms with van der Waals surface area (Å²) in [6.45, 7) is 4.16. The Morgan fingerprint density at radius 2 is 1.95 bits per heavy atom. The highest BCUT2D eigenvalue weighted by Gasteiger charge is 2.08. The van der Waals surface area contributed by atoms with Gasteiger partial charge >= 0.3 is 0 Å². The summed E-state index contributed by atoms with van der Waals surface area (Å²) in [4.78, 5) is 0. The standard InChI is InChI=1S/C15H19NO3/c1-3-16-10-15-12(8-9-18-15)11-19-14-7-5-4-6-13(14)17-2/h4-9,16H,3,10-11H2,1-2H3. The van der Waals surface area contributed by atoms with Crippen LogP contribution in [0.3, 0.4) is 0 Å². The van der Waals surface area contributed by atoms with E-state index in [1.54, 1.807) is 13.4 Å². The quantitative estimate of drug-likeness (QED) is 0.832.